The zero-order valence-electron chi connectivity index (χ0n) is 13.8. The first-order valence-corrected chi connectivity index (χ1v) is 8.72. The standard InChI is InChI=1S/C17H16N6OS/c1-12-6-7-15(24-2)14(9-12)23-17(19-20-21-23)25-11-13-10-22-8-4-3-5-16(22)18-13/h3-10H,11H2,1-2H3. The minimum atomic E-state index is 0.677. The van der Waals surface area contributed by atoms with Gasteiger partial charge in [-0.05, 0) is 47.2 Å². The van der Waals surface area contributed by atoms with Crippen LogP contribution in [0.3, 0.4) is 0 Å². The predicted octanol–water partition coefficient (Wildman–Crippen LogP) is 2.92. The molecule has 0 saturated carbocycles. The molecule has 0 unspecified atom stereocenters. The van der Waals surface area contributed by atoms with Gasteiger partial charge >= 0.3 is 0 Å². The lowest BCUT2D eigenvalue weighted by atomic mass is 10.2. The van der Waals surface area contributed by atoms with Crippen molar-refractivity contribution in [2.24, 2.45) is 0 Å². The Balaban J connectivity index is 1.61. The van der Waals surface area contributed by atoms with E-state index in [2.05, 4.69) is 20.5 Å². The lowest BCUT2D eigenvalue weighted by Crippen LogP contribution is -2.02. The molecule has 25 heavy (non-hydrogen) atoms. The van der Waals surface area contributed by atoms with Crippen molar-refractivity contribution in [1.29, 1.82) is 0 Å². The molecule has 0 radical (unpaired) electrons. The molecule has 3 heterocycles. The molecule has 7 nitrogen and oxygen atoms in total. The Morgan fingerprint density at radius 1 is 1.20 bits per heavy atom. The highest BCUT2D eigenvalue weighted by Crippen LogP contribution is 2.28. The van der Waals surface area contributed by atoms with Crippen LogP contribution in [-0.4, -0.2) is 36.7 Å². The summed E-state index contributed by atoms with van der Waals surface area (Å²) in [6, 6.07) is 11.9. The molecule has 0 spiro atoms. The fourth-order valence-electron chi connectivity index (χ4n) is 2.58. The quantitative estimate of drug-likeness (QED) is 0.514. The molecule has 4 aromatic rings. The number of aromatic nitrogens is 6. The summed E-state index contributed by atoms with van der Waals surface area (Å²) in [6.45, 7) is 2.02. The van der Waals surface area contributed by atoms with Crippen molar-refractivity contribution >= 4 is 17.4 Å². The largest absolute Gasteiger partial charge is 0.494 e. The lowest BCUT2D eigenvalue weighted by Gasteiger charge is -2.10. The van der Waals surface area contributed by atoms with E-state index in [-0.39, 0.29) is 0 Å². The number of benzene rings is 1. The first kappa shape index (κ1) is 15.6. The highest BCUT2D eigenvalue weighted by molar-refractivity contribution is 7.98. The van der Waals surface area contributed by atoms with Crippen LogP contribution in [0.4, 0.5) is 0 Å². The van der Waals surface area contributed by atoms with E-state index >= 15 is 0 Å². The third kappa shape index (κ3) is 3.08. The van der Waals surface area contributed by atoms with Gasteiger partial charge in [-0.3, -0.25) is 0 Å². The van der Waals surface area contributed by atoms with E-state index in [1.54, 1.807) is 11.8 Å². The fourth-order valence-corrected chi connectivity index (χ4v) is 3.35. The van der Waals surface area contributed by atoms with Crippen LogP contribution in [0.15, 0.2) is 53.9 Å². The summed E-state index contributed by atoms with van der Waals surface area (Å²) in [6.07, 6.45) is 4.00. The smallest absolute Gasteiger partial charge is 0.214 e. The Bertz CT molecular complexity index is 992. The van der Waals surface area contributed by atoms with Gasteiger partial charge in [-0.15, -0.1) is 5.10 Å². The first-order valence-electron chi connectivity index (χ1n) is 7.73. The normalized spacial score (nSPS) is 11.1. The van der Waals surface area contributed by atoms with Crippen LogP contribution in [0.1, 0.15) is 11.3 Å². The molecule has 4 rings (SSSR count). The Kier molecular flexibility index (Phi) is 4.10. The number of rotatable bonds is 5. The first-order chi connectivity index (χ1) is 12.2. The van der Waals surface area contributed by atoms with Gasteiger partial charge in [-0.1, -0.05) is 23.9 Å². The molecule has 0 atom stereocenters. The summed E-state index contributed by atoms with van der Waals surface area (Å²) < 4.78 is 9.14. The van der Waals surface area contributed by atoms with Crippen LogP contribution >= 0.6 is 11.8 Å². The van der Waals surface area contributed by atoms with Crippen LogP contribution in [0.5, 0.6) is 5.75 Å². The second kappa shape index (κ2) is 6.56. The number of pyridine rings is 1. The number of methoxy groups -OCH3 is 1. The van der Waals surface area contributed by atoms with Gasteiger partial charge in [-0.2, -0.15) is 4.68 Å². The summed E-state index contributed by atoms with van der Waals surface area (Å²) >= 11 is 1.54. The number of thioether (sulfide) groups is 1. The fraction of sp³-hybridized carbons (Fsp3) is 0.176. The van der Waals surface area contributed by atoms with Gasteiger partial charge in [0.25, 0.3) is 0 Å². The van der Waals surface area contributed by atoms with Crippen molar-refractivity contribution in [2.45, 2.75) is 17.8 Å². The van der Waals surface area contributed by atoms with E-state index in [1.807, 2.05) is 60.1 Å². The van der Waals surface area contributed by atoms with Crippen LogP contribution in [0.25, 0.3) is 11.3 Å². The van der Waals surface area contributed by atoms with Crippen LogP contribution in [0.2, 0.25) is 0 Å². The summed E-state index contributed by atoms with van der Waals surface area (Å²) in [5.74, 6) is 1.41. The Hall–Kier alpha value is -2.87. The van der Waals surface area contributed by atoms with Gasteiger partial charge in [0.15, 0.2) is 0 Å². The van der Waals surface area contributed by atoms with E-state index in [4.69, 9.17) is 4.74 Å². The summed E-state index contributed by atoms with van der Waals surface area (Å²) in [5, 5.41) is 12.8. The third-order valence-corrected chi connectivity index (χ3v) is 4.72. The number of ether oxygens (including phenoxy) is 1. The summed E-state index contributed by atoms with van der Waals surface area (Å²) in [7, 11) is 1.64. The van der Waals surface area contributed by atoms with Gasteiger partial charge in [0.1, 0.15) is 17.1 Å². The summed E-state index contributed by atoms with van der Waals surface area (Å²) in [4.78, 5) is 4.60. The van der Waals surface area contributed by atoms with Gasteiger partial charge in [0, 0.05) is 18.1 Å². The molecule has 0 saturated heterocycles. The van der Waals surface area contributed by atoms with Gasteiger partial charge in [-0.25, -0.2) is 4.98 Å². The predicted molar refractivity (Wildman–Crippen MR) is 95.2 cm³/mol. The molecule has 1 aromatic carbocycles. The maximum absolute atomic E-state index is 5.44. The maximum Gasteiger partial charge on any atom is 0.214 e. The summed E-state index contributed by atoms with van der Waals surface area (Å²) in [5.41, 5.74) is 3.84. The van der Waals surface area contributed by atoms with Crippen molar-refractivity contribution in [3.05, 3.63) is 60.0 Å². The van der Waals surface area contributed by atoms with Crippen molar-refractivity contribution in [3.8, 4) is 11.4 Å². The Labute approximate surface area is 148 Å². The Morgan fingerprint density at radius 3 is 2.96 bits per heavy atom. The number of hydrogen-bond acceptors (Lipinski definition) is 6. The number of imidazole rings is 1. The molecule has 0 N–H and O–H groups in total. The van der Waals surface area contributed by atoms with Crippen molar-refractivity contribution in [3.63, 3.8) is 0 Å². The third-order valence-electron chi connectivity index (χ3n) is 3.77. The molecule has 0 aliphatic heterocycles. The monoisotopic (exact) mass is 352 g/mol. The SMILES string of the molecule is COc1ccc(C)cc1-n1nnnc1SCc1cn2ccccc2n1. The van der Waals surface area contributed by atoms with Crippen LogP contribution in [0, 0.1) is 6.92 Å². The maximum atomic E-state index is 5.44. The van der Waals surface area contributed by atoms with E-state index in [0.717, 1.165) is 28.3 Å². The Morgan fingerprint density at radius 2 is 2.12 bits per heavy atom. The van der Waals surface area contributed by atoms with E-state index < -0.39 is 0 Å². The topological polar surface area (TPSA) is 70.1 Å². The number of nitrogens with zero attached hydrogens (tertiary/aromatic N) is 6. The highest BCUT2D eigenvalue weighted by atomic mass is 32.2. The second-order valence-corrected chi connectivity index (χ2v) is 6.48. The average Bonchev–Trinajstić information content (AvgIpc) is 3.26. The number of fused-ring (bicyclic) bond motifs is 1. The van der Waals surface area contributed by atoms with E-state index in [1.165, 1.54) is 11.8 Å². The average molecular weight is 352 g/mol. The van der Waals surface area contributed by atoms with Crippen molar-refractivity contribution in [2.75, 3.05) is 7.11 Å². The van der Waals surface area contributed by atoms with Gasteiger partial charge < -0.3 is 9.14 Å². The molecular weight excluding hydrogens is 336 g/mol. The highest BCUT2D eigenvalue weighted by Gasteiger charge is 2.14. The zero-order valence-corrected chi connectivity index (χ0v) is 14.6. The number of hydrogen-bond donors (Lipinski definition) is 0. The molecular formula is C17H16N6OS. The molecule has 0 amide bonds. The number of aryl methyl sites for hydroxylation is 1. The molecule has 3 aromatic heterocycles. The number of tetrazole rings is 1. The molecule has 0 aliphatic carbocycles. The van der Waals surface area contributed by atoms with E-state index in [0.29, 0.717) is 10.9 Å². The van der Waals surface area contributed by atoms with Crippen LogP contribution in [-0.2, 0) is 5.75 Å². The molecule has 8 heteroatoms. The molecule has 0 aliphatic rings. The molecule has 0 bridgehead atoms. The second-order valence-electron chi connectivity index (χ2n) is 5.54. The minimum Gasteiger partial charge on any atom is -0.494 e. The molecule has 0 fully saturated rings. The van der Waals surface area contributed by atoms with E-state index in [9.17, 15) is 0 Å². The van der Waals surface area contributed by atoms with Crippen LogP contribution < -0.4 is 4.74 Å². The van der Waals surface area contributed by atoms with Gasteiger partial charge in [0.2, 0.25) is 5.16 Å². The van der Waals surface area contributed by atoms with Crippen molar-refractivity contribution < 1.29 is 4.74 Å². The molecule has 126 valence electrons. The lowest BCUT2D eigenvalue weighted by molar-refractivity contribution is 0.410. The van der Waals surface area contributed by atoms with Crippen molar-refractivity contribution in [1.82, 2.24) is 29.6 Å². The van der Waals surface area contributed by atoms with Gasteiger partial charge in [0.05, 0.1) is 12.8 Å². The zero-order chi connectivity index (χ0) is 17.2. The minimum absolute atomic E-state index is 0.677.